The highest BCUT2D eigenvalue weighted by Crippen LogP contribution is 2.31. The second-order valence-corrected chi connectivity index (χ2v) is 6.34. The number of rotatable bonds is 3. The van der Waals surface area contributed by atoms with Crippen LogP contribution in [0, 0.1) is 0 Å². The molecule has 0 saturated heterocycles. The van der Waals surface area contributed by atoms with Gasteiger partial charge in [0.05, 0.1) is 5.52 Å². The lowest BCUT2D eigenvalue weighted by molar-refractivity contribution is 0.465. The Hall–Kier alpha value is -3.40. The number of H-pyrrole nitrogens is 1. The summed E-state index contributed by atoms with van der Waals surface area (Å²) in [7, 11) is 0. The normalized spacial score (nSPS) is 12.9. The summed E-state index contributed by atoms with van der Waals surface area (Å²) in [4.78, 5) is 12.7. The average molecular weight is 339 g/mol. The van der Waals surface area contributed by atoms with Crippen LogP contribution < -0.4 is 4.74 Å². The van der Waals surface area contributed by atoms with Crippen molar-refractivity contribution in [3.8, 4) is 22.9 Å². The molecule has 0 aliphatic carbocycles. The molecule has 0 bridgehead atoms. The average Bonchev–Trinajstić information content (AvgIpc) is 3.12. The molecule has 1 aliphatic heterocycles. The van der Waals surface area contributed by atoms with Crippen LogP contribution in [0.15, 0.2) is 71.7 Å². The Bertz CT molecular complexity index is 1110. The number of nitrogens with zero attached hydrogens (tertiary/aromatic N) is 2. The zero-order valence-corrected chi connectivity index (χ0v) is 14.1. The van der Waals surface area contributed by atoms with E-state index in [4.69, 9.17) is 9.72 Å². The van der Waals surface area contributed by atoms with Crippen molar-refractivity contribution in [2.75, 3.05) is 6.54 Å². The third-order valence-electron chi connectivity index (χ3n) is 4.61. The van der Waals surface area contributed by atoms with Gasteiger partial charge in [-0.2, -0.15) is 0 Å². The number of para-hydroxylation sites is 2. The van der Waals surface area contributed by atoms with Gasteiger partial charge in [-0.3, -0.25) is 4.99 Å². The van der Waals surface area contributed by atoms with Crippen molar-refractivity contribution >= 4 is 17.1 Å². The molecule has 4 heteroatoms. The molecule has 3 heterocycles. The van der Waals surface area contributed by atoms with Crippen LogP contribution in [0.1, 0.15) is 11.3 Å². The van der Waals surface area contributed by atoms with Gasteiger partial charge in [-0.1, -0.05) is 36.4 Å². The Balaban J connectivity index is 1.60. The third kappa shape index (κ3) is 2.65. The van der Waals surface area contributed by atoms with E-state index in [1.54, 1.807) is 0 Å². The molecule has 0 amide bonds. The van der Waals surface area contributed by atoms with Crippen molar-refractivity contribution < 1.29 is 4.74 Å². The molecule has 5 rings (SSSR count). The van der Waals surface area contributed by atoms with Crippen molar-refractivity contribution in [1.82, 2.24) is 9.97 Å². The van der Waals surface area contributed by atoms with E-state index in [0.717, 1.165) is 40.9 Å². The summed E-state index contributed by atoms with van der Waals surface area (Å²) in [6.45, 7) is 0.843. The first-order chi connectivity index (χ1) is 12.9. The predicted molar refractivity (Wildman–Crippen MR) is 104 cm³/mol. The first kappa shape index (κ1) is 14.9. The summed E-state index contributed by atoms with van der Waals surface area (Å²) >= 11 is 0. The highest BCUT2D eigenvalue weighted by molar-refractivity contribution is 5.95. The lowest BCUT2D eigenvalue weighted by atomic mass is 10.1. The topological polar surface area (TPSA) is 50.3 Å². The Morgan fingerprint density at radius 1 is 0.923 bits per heavy atom. The number of hydrogen-bond donors (Lipinski definition) is 1. The minimum atomic E-state index is 0.592. The highest BCUT2D eigenvalue weighted by Gasteiger charge is 2.14. The molecular weight excluding hydrogens is 322 g/mol. The van der Waals surface area contributed by atoms with E-state index >= 15 is 0 Å². The Kier molecular flexibility index (Phi) is 3.53. The van der Waals surface area contributed by atoms with E-state index in [1.165, 1.54) is 11.3 Å². The van der Waals surface area contributed by atoms with E-state index in [0.29, 0.717) is 5.88 Å². The molecule has 0 saturated carbocycles. The van der Waals surface area contributed by atoms with E-state index in [-0.39, 0.29) is 0 Å². The fourth-order valence-corrected chi connectivity index (χ4v) is 3.33. The van der Waals surface area contributed by atoms with Gasteiger partial charge < -0.3 is 9.72 Å². The first-order valence-electron chi connectivity index (χ1n) is 8.71. The van der Waals surface area contributed by atoms with Crippen LogP contribution in [0.5, 0.6) is 11.6 Å². The second-order valence-electron chi connectivity index (χ2n) is 6.34. The molecule has 1 aliphatic rings. The lowest BCUT2D eigenvalue weighted by Crippen LogP contribution is -2.00. The number of ether oxygens (including phenoxy) is 1. The van der Waals surface area contributed by atoms with Crippen LogP contribution in [0.4, 0.5) is 0 Å². The third-order valence-corrected chi connectivity index (χ3v) is 4.61. The molecular formula is C22H17N3O. The monoisotopic (exact) mass is 339 g/mol. The Morgan fingerprint density at radius 3 is 2.73 bits per heavy atom. The van der Waals surface area contributed by atoms with Crippen LogP contribution in [-0.2, 0) is 6.42 Å². The summed E-state index contributed by atoms with van der Waals surface area (Å²) < 4.78 is 5.92. The summed E-state index contributed by atoms with van der Waals surface area (Å²) in [5.74, 6) is 1.37. The number of pyridine rings is 1. The number of aliphatic imine (C=N–C) groups is 1. The maximum atomic E-state index is 5.92. The quantitative estimate of drug-likeness (QED) is 0.571. The van der Waals surface area contributed by atoms with Gasteiger partial charge in [-0.25, -0.2) is 4.98 Å². The number of aromatic amines is 1. The lowest BCUT2D eigenvalue weighted by Gasteiger charge is -2.08. The van der Waals surface area contributed by atoms with E-state index in [2.05, 4.69) is 40.3 Å². The standard InChI is InChI=1S/C22H17N3O/c1-2-6-17(7-3-1)26-21-10-9-15-5-4-8-18(22(15)25-21)20-13-16-14-23-12-11-19(16)24-20/h1-10,13-14,24H,11-12H2. The van der Waals surface area contributed by atoms with Gasteiger partial charge in [0.25, 0.3) is 0 Å². The molecule has 0 radical (unpaired) electrons. The van der Waals surface area contributed by atoms with Gasteiger partial charge in [0.2, 0.25) is 5.88 Å². The minimum absolute atomic E-state index is 0.592. The van der Waals surface area contributed by atoms with Gasteiger partial charge in [0.1, 0.15) is 5.75 Å². The molecule has 26 heavy (non-hydrogen) atoms. The summed E-state index contributed by atoms with van der Waals surface area (Å²) in [5, 5.41) is 1.09. The molecule has 4 aromatic rings. The fraction of sp³-hybridized carbons (Fsp3) is 0.0909. The van der Waals surface area contributed by atoms with Crippen LogP contribution >= 0.6 is 0 Å². The van der Waals surface area contributed by atoms with Crippen molar-refractivity contribution in [1.29, 1.82) is 0 Å². The van der Waals surface area contributed by atoms with Gasteiger partial charge >= 0.3 is 0 Å². The number of fused-ring (bicyclic) bond motifs is 2. The molecule has 126 valence electrons. The molecule has 4 nitrogen and oxygen atoms in total. The SMILES string of the molecule is C1=NCCc2[nH]c(-c3cccc4ccc(Oc5ccccc5)nc34)cc21. The maximum Gasteiger partial charge on any atom is 0.219 e. The van der Waals surface area contributed by atoms with Crippen molar-refractivity contribution in [3.05, 3.63) is 78.0 Å². The molecule has 0 unspecified atom stereocenters. The van der Waals surface area contributed by atoms with Crippen molar-refractivity contribution in [2.24, 2.45) is 4.99 Å². The predicted octanol–water partition coefficient (Wildman–Crippen LogP) is 5.00. The van der Waals surface area contributed by atoms with E-state index < -0.39 is 0 Å². The molecule has 2 aromatic heterocycles. The van der Waals surface area contributed by atoms with Crippen molar-refractivity contribution in [3.63, 3.8) is 0 Å². The fourth-order valence-electron chi connectivity index (χ4n) is 3.33. The molecule has 0 spiro atoms. The largest absolute Gasteiger partial charge is 0.439 e. The number of nitrogens with one attached hydrogen (secondary N) is 1. The van der Waals surface area contributed by atoms with Crippen LogP contribution in [-0.4, -0.2) is 22.7 Å². The van der Waals surface area contributed by atoms with Gasteiger partial charge in [-0.05, 0) is 24.3 Å². The molecule has 0 atom stereocenters. The van der Waals surface area contributed by atoms with Crippen molar-refractivity contribution in [2.45, 2.75) is 6.42 Å². The van der Waals surface area contributed by atoms with E-state index in [9.17, 15) is 0 Å². The zero-order chi connectivity index (χ0) is 17.3. The van der Waals surface area contributed by atoms with Crippen LogP contribution in [0.3, 0.4) is 0 Å². The molecule has 0 fully saturated rings. The minimum Gasteiger partial charge on any atom is -0.439 e. The van der Waals surface area contributed by atoms with Gasteiger partial charge in [-0.15, -0.1) is 0 Å². The van der Waals surface area contributed by atoms with Gasteiger partial charge in [0.15, 0.2) is 0 Å². The number of hydrogen-bond acceptors (Lipinski definition) is 3. The summed E-state index contributed by atoms with van der Waals surface area (Å²) in [5.41, 5.74) is 5.47. The summed E-state index contributed by atoms with van der Waals surface area (Å²) in [6.07, 6.45) is 2.90. The maximum absolute atomic E-state index is 5.92. The van der Waals surface area contributed by atoms with E-state index in [1.807, 2.05) is 42.6 Å². The zero-order valence-electron chi connectivity index (χ0n) is 14.1. The highest BCUT2D eigenvalue weighted by atomic mass is 16.5. The Morgan fingerprint density at radius 2 is 1.85 bits per heavy atom. The second kappa shape index (κ2) is 6.15. The number of aromatic nitrogens is 2. The molecule has 1 N–H and O–H groups in total. The summed E-state index contributed by atoms with van der Waals surface area (Å²) in [6, 6.07) is 22.1. The Labute approximate surface area is 151 Å². The first-order valence-corrected chi connectivity index (χ1v) is 8.71. The van der Waals surface area contributed by atoms with Crippen LogP contribution in [0.2, 0.25) is 0 Å². The smallest absolute Gasteiger partial charge is 0.219 e. The van der Waals surface area contributed by atoms with Gasteiger partial charge in [0, 0.05) is 53.1 Å². The van der Waals surface area contributed by atoms with Crippen LogP contribution in [0.25, 0.3) is 22.2 Å². The molecule has 2 aromatic carbocycles. The number of benzene rings is 2.